The second-order valence-electron chi connectivity index (χ2n) is 2.49. The highest BCUT2D eigenvalue weighted by Gasteiger charge is 1.98. The Bertz CT molecular complexity index is 149. The first-order valence-electron chi connectivity index (χ1n) is 3.62. The zero-order valence-electron chi connectivity index (χ0n) is 6.62. The molecule has 0 aromatic heterocycles. The summed E-state index contributed by atoms with van der Waals surface area (Å²) in [5.41, 5.74) is 0. The molecule has 0 N–H and O–H groups in total. The lowest BCUT2D eigenvalue weighted by Crippen LogP contribution is -2.27. The fourth-order valence-electron chi connectivity index (χ4n) is 0.954. The zero-order chi connectivity index (χ0) is 7.40. The first-order chi connectivity index (χ1) is 4.83. The van der Waals surface area contributed by atoms with Crippen molar-refractivity contribution >= 4 is 0 Å². The number of allylic oxidation sites excluding steroid dienone is 2. The van der Waals surface area contributed by atoms with Crippen LogP contribution in [0, 0.1) is 0 Å². The van der Waals surface area contributed by atoms with Crippen molar-refractivity contribution < 1.29 is 0 Å². The molecule has 10 heavy (non-hydrogen) atoms. The fourth-order valence-corrected chi connectivity index (χ4v) is 0.954. The van der Waals surface area contributed by atoms with Crippen molar-refractivity contribution in [1.29, 1.82) is 0 Å². The van der Waals surface area contributed by atoms with Crippen molar-refractivity contribution in [2.24, 2.45) is 0 Å². The summed E-state index contributed by atoms with van der Waals surface area (Å²) in [5.74, 6) is 0. The molecule has 0 amide bonds. The Hall–Kier alpha value is -0.920. The monoisotopic (exact) mass is 138 g/mol. The smallest absolute Gasteiger partial charge is 0.0889 e. The SMILES string of the molecule is CCN1C=CC=CN(C)C1. The Morgan fingerprint density at radius 3 is 2.70 bits per heavy atom. The van der Waals surface area contributed by atoms with Crippen molar-refractivity contribution in [1.82, 2.24) is 9.80 Å². The third-order valence-corrected chi connectivity index (χ3v) is 1.56. The van der Waals surface area contributed by atoms with E-state index < -0.39 is 0 Å². The average Bonchev–Trinajstić information content (AvgIpc) is 2.13. The van der Waals surface area contributed by atoms with Crippen LogP contribution in [0.1, 0.15) is 6.92 Å². The van der Waals surface area contributed by atoms with Crippen LogP contribution in [0.4, 0.5) is 0 Å². The van der Waals surface area contributed by atoms with E-state index in [0.717, 1.165) is 13.2 Å². The number of hydrogen-bond acceptors (Lipinski definition) is 2. The van der Waals surface area contributed by atoms with Gasteiger partial charge in [-0.25, -0.2) is 0 Å². The van der Waals surface area contributed by atoms with E-state index in [1.807, 2.05) is 0 Å². The number of hydrogen-bond donors (Lipinski definition) is 0. The number of rotatable bonds is 1. The van der Waals surface area contributed by atoms with E-state index in [-0.39, 0.29) is 0 Å². The molecule has 0 aromatic rings. The normalized spacial score (nSPS) is 17.8. The van der Waals surface area contributed by atoms with Crippen molar-refractivity contribution in [2.45, 2.75) is 6.92 Å². The Balaban J connectivity index is 2.51. The lowest BCUT2D eigenvalue weighted by Gasteiger charge is -2.22. The molecular formula is C8H14N2. The van der Waals surface area contributed by atoms with Gasteiger partial charge in [0.05, 0.1) is 6.67 Å². The van der Waals surface area contributed by atoms with Gasteiger partial charge in [-0.15, -0.1) is 0 Å². The third-order valence-electron chi connectivity index (χ3n) is 1.56. The molecule has 0 aromatic carbocycles. The summed E-state index contributed by atoms with van der Waals surface area (Å²) >= 11 is 0. The van der Waals surface area contributed by atoms with E-state index in [9.17, 15) is 0 Å². The molecule has 1 heterocycles. The molecule has 0 saturated carbocycles. The molecule has 0 unspecified atom stereocenters. The van der Waals surface area contributed by atoms with Gasteiger partial charge < -0.3 is 9.80 Å². The summed E-state index contributed by atoms with van der Waals surface area (Å²) in [6.45, 7) is 4.22. The standard InChI is InChI=1S/C8H14N2/c1-3-10-7-5-4-6-9(2)8-10/h4-7H,3,8H2,1-2H3. The first-order valence-corrected chi connectivity index (χ1v) is 3.62. The molecule has 1 aliphatic heterocycles. The van der Waals surface area contributed by atoms with Gasteiger partial charge in [0.2, 0.25) is 0 Å². The molecule has 0 atom stereocenters. The van der Waals surface area contributed by atoms with Crippen molar-refractivity contribution in [3.8, 4) is 0 Å². The maximum atomic E-state index is 2.25. The molecule has 0 radical (unpaired) electrons. The third kappa shape index (κ3) is 1.79. The van der Waals surface area contributed by atoms with E-state index >= 15 is 0 Å². The van der Waals surface area contributed by atoms with Gasteiger partial charge in [0.25, 0.3) is 0 Å². The molecule has 0 aliphatic carbocycles. The largest absolute Gasteiger partial charge is 0.363 e. The summed E-state index contributed by atoms with van der Waals surface area (Å²) in [5, 5.41) is 0. The molecule has 1 rings (SSSR count). The Morgan fingerprint density at radius 2 is 2.00 bits per heavy atom. The van der Waals surface area contributed by atoms with Crippen LogP contribution >= 0.6 is 0 Å². The van der Waals surface area contributed by atoms with E-state index in [1.165, 1.54) is 0 Å². The minimum Gasteiger partial charge on any atom is -0.363 e. The lowest BCUT2D eigenvalue weighted by molar-refractivity contribution is 0.267. The summed E-state index contributed by atoms with van der Waals surface area (Å²) in [6, 6.07) is 0. The molecule has 56 valence electrons. The second-order valence-corrected chi connectivity index (χ2v) is 2.49. The maximum absolute atomic E-state index is 2.25. The van der Waals surface area contributed by atoms with Crippen LogP contribution in [0.5, 0.6) is 0 Å². The van der Waals surface area contributed by atoms with Gasteiger partial charge in [0.1, 0.15) is 0 Å². The number of nitrogens with zero attached hydrogens (tertiary/aromatic N) is 2. The van der Waals surface area contributed by atoms with E-state index in [4.69, 9.17) is 0 Å². The Morgan fingerprint density at radius 1 is 1.30 bits per heavy atom. The van der Waals surface area contributed by atoms with Crippen molar-refractivity contribution in [2.75, 3.05) is 20.3 Å². The lowest BCUT2D eigenvalue weighted by atomic mass is 10.5. The summed E-state index contributed by atoms with van der Waals surface area (Å²) in [4.78, 5) is 4.41. The molecule has 0 bridgehead atoms. The summed E-state index contributed by atoms with van der Waals surface area (Å²) in [6.07, 6.45) is 8.30. The average molecular weight is 138 g/mol. The van der Waals surface area contributed by atoms with E-state index in [1.54, 1.807) is 0 Å². The van der Waals surface area contributed by atoms with Gasteiger partial charge in [-0.2, -0.15) is 0 Å². The fraction of sp³-hybridized carbons (Fsp3) is 0.500. The molecular weight excluding hydrogens is 124 g/mol. The maximum Gasteiger partial charge on any atom is 0.0889 e. The van der Waals surface area contributed by atoms with Crippen molar-refractivity contribution in [3.05, 3.63) is 24.6 Å². The van der Waals surface area contributed by atoms with Gasteiger partial charge >= 0.3 is 0 Å². The highest BCUT2D eigenvalue weighted by molar-refractivity contribution is 5.03. The molecule has 0 fully saturated rings. The van der Waals surface area contributed by atoms with Crippen molar-refractivity contribution in [3.63, 3.8) is 0 Å². The van der Waals surface area contributed by atoms with Gasteiger partial charge in [0, 0.05) is 26.0 Å². The van der Waals surface area contributed by atoms with Gasteiger partial charge in [-0.1, -0.05) is 0 Å². The molecule has 2 nitrogen and oxygen atoms in total. The molecule has 0 saturated heterocycles. The van der Waals surface area contributed by atoms with Gasteiger partial charge in [-0.05, 0) is 19.1 Å². The predicted octanol–water partition coefficient (Wildman–Crippen LogP) is 1.24. The minimum atomic E-state index is 0.990. The van der Waals surface area contributed by atoms with Crippen LogP contribution in [0.25, 0.3) is 0 Å². The van der Waals surface area contributed by atoms with E-state index in [0.29, 0.717) is 0 Å². The highest BCUT2D eigenvalue weighted by atomic mass is 15.3. The Labute approximate surface area is 62.4 Å². The van der Waals surface area contributed by atoms with Crippen LogP contribution in [-0.4, -0.2) is 30.1 Å². The van der Waals surface area contributed by atoms with Crippen LogP contribution in [-0.2, 0) is 0 Å². The first kappa shape index (κ1) is 7.19. The highest BCUT2D eigenvalue weighted by Crippen LogP contribution is 1.98. The molecule has 1 aliphatic rings. The van der Waals surface area contributed by atoms with E-state index in [2.05, 4.69) is 48.3 Å². The van der Waals surface area contributed by atoms with Crippen LogP contribution < -0.4 is 0 Å². The molecule has 2 heteroatoms. The van der Waals surface area contributed by atoms with Gasteiger partial charge in [0.15, 0.2) is 0 Å². The minimum absolute atomic E-state index is 0.990. The van der Waals surface area contributed by atoms with Crippen LogP contribution in [0.2, 0.25) is 0 Å². The Kier molecular flexibility index (Phi) is 2.37. The zero-order valence-corrected chi connectivity index (χ0v) is 6.62. The quantitative estimate of drug-likeness (QED) is 0.538. The predicted molar refractivity (Wildman–Crippen MR) is 43.3 cm³/mol. The topological polar surface area (TPSA) is 6.48 Å². The summed E-state index contributed by atoms with van der Waals surface area (Å²) in [7, 11) is 2.08. The van der Waals surface area contributed by atoms with Gasteiger partial charge in [-0.3, -0.25) is 0 Å². The summed E-state index contributed by atoms with van der Waals surface area (Å²) < 4.78 is 0. The van der Waals surface area contributed by atoms with Crippen LogP contribution in [0.15, 0.2) is 24.6 Å². The molecule has 0 spiro atoms. The second kappa shape index (κ2) is 3.30. The van der Waals surface area contributed by atoms with Crippen LogP contribution in [0.3, 0.4) is 0 Å².